The summed E-state index contributed by atoms with van der Waals surface area (Å²) in [5.74, 6) is 0. The Morgan fingerprint density at radius 3 is 2.39 bits per heavy atom. The number of carbonyl (C=O) groups is 1. The van der Waals surface area contributed by atoms with Crippen LogP contribution in [0.15, 0.2) is 12.7 Å². The topological polar surface area (TPSA) is 53.0 Å². The highest BCUT2D eigenvalue weighted by atomic mass is 16.5. The van der Waals surface area contributed by atoms with Crippen LogP contribution < -0.4 is 0 Å². The van der Waals surface area contributed by atoms with Crippen LogP contribution in [0.4, 0.5) is 4.79 Å². The van der Waals surface area contributed by atoms with Crippen LogP contribution in [-0.4, -0.2) is 66.9 Å². The molecule has 0 bridgehead atoms. The Balaban J connectivity index is 2.09. The Bertz CT molecular complexity index is 339. The van der Waals surface area contributed by atoms with E-state index in [1.807, 2.05) is 0 Å². The van der Waals surface area contributed by atoms with Crippen LogP contribution in [0.5, 0.6) is 0 Å². The van der Waals surface area contributed by atoms with Gasteiger partial charge in [0.05, 0.1) is 6.10 Å². The lowest BCUT2D eigenvalue weighted by molar-refractivity contribution is 0.00836. The normalized spacial score (nSPS) is 21.3. The molecule has 1 fully saturated rings. The molecule has 134 valence electrons. The van der Waals surface area contributed by atoms with Crippen molar-refractivity contribution < 1.29 is 14.6 Å². The van der Waals surface area contributed by atoms with Crippen LogP contribution in [0.2, 0.25) is 0 Å². The first-order valence-electron chi connectivity index (χ1n) is 8.91. The fourth-order valence-electron chi connectivity index (χ4n) is 3.18. The maximum atomic E-state index is 11.3. The molecule has 1 aliphatic carbocycles. The second kappa shape index (κ2) is 11.5. The number of amides is 1. The SMILES string of the molecule is C=CCN(C(=O)O)C1CCC(OCCCCCCN(C)C)CC1. The van der Waals surface area contributed by atoms with Gasteiger partial charge in [-0.15, -0.1) is 6.58 Å². The predicted octanol–water partition coefficient (Wildman–Crippen LogP) is 3.60. The summed E-state index contributed by atoms with van der Waals surface area (Å²) in [7, 11) is 4.22. The Morgan fingerprint density at radius 1 is 1.17 bits per heavy atom. The van der Waals surface area contributed by atoms with E-state index < -0.39 is 6.09 Å². The van der Waals surface area contributed by atoms with Gasteiger partial charge in [0.2, 0.25) is 0 Å². The number of hydrogen-bond acceptors (Lipinski definition) is 3. The molecule has 0 aliphatic heterocycles. The fourth-order valence-corrected chi connectivity index (χ4v) is 3.18. The third-order valence-corrected chi connectivity index (χ3v) is 4.51. The van der Waals surface area contributed by atoms with E-state index in [9.17, 15) is 9.90 Å². The number of unbranched alkanes of at least 4 members (excludes halogenated alkanes) is 3. The lowest BCUT2D eigenvalue weighted by Crippen LogP contribution is -2.42. The zero-order valence-electron chi connectivity index (χ0n) is 14.9. The van der Waals surface area contributed by atoms with Crippen molar-refractivity contribution in [2.75, 3.05) is 33.8 Å². The zero-order valence-corrected chi connectivity index (χ0v) is 14.9. The lowest BCUT2D eigenvalue weighted by atomic mass is 9.92. The third-order valence-electron chi connectivity index (χ3n) is 4.51. The van der Waals surface area contributed by atoms with Crippen LogP contribution in [0.25, 0.3) is 0 Å². The van der Waals surface area contributed by atoms with Crippen molar-refractivity contribution in [1.82, 2.24) is 9.80 Å². The molecule has 0 unspecified atom stereocenters. The average molecular weight is 326 g/mol. The summed E-state index contributed by atoms with van der Waals surface area (Å²) >= 11 is 0. The first-order valence-corrected chi connectivity index (χ1v) is 8.91. The molecule has 0 spiro atoms. The number of ether oxygens (including phenoxy) is 1. The molecule has 1 aliphatic rings. The van der Waals surface area contributed by atoms with E-state index in [-0.39, 0.29) is 6.04 Å². The summed E-state index contributed by atoms with van der Waals surface area (Å²) in [4.78, 5) is 15.0. The highest BCUT2D eigenvalue weighted by Gasteiger charge is 2.28. The first kappa shape index (κ1) is 20.0. The minimum Gasteiger partial charge on any atom is -0.465 e. The van der Waals surface area contributed by atoms with Crippen molar-refractivity contribution in [2.24, 2.45) is 0 Å². The third kappa shape index (κ3) is 8.37. The minimum atomic E-state index is -0.841. The van der Waals surface area contributed by atoms with Crippen LogP contribution in [0, 0.1) is 0 Å². The molecule has 0 atom stereocenters. The molecule has 5 nitrogen and oxygen atoms in total. The van der Waals surface area contributed by atoms with Crippen molar-refractivity contribution in [3.05, 3.63) is 12.7 Å². The van der Waals surface area contributed by atoms with E-state index in [1.54, 1.807) is 6.08 Å². The van der Waals surface area contributed by atoms with Crippen LogP contribution in [0.3, 0.4) is 0 Å². The van der Waals surface area contributed by atoms with E-state index in [0.717, 1.165) is 45.3 Å². The minimum absolute atomic E-state index is 0.122. The summed E-state index contributed by atoms with van der Waals surface area (Å²) in [5, 5.41) is 9.24. The standard InChI is InChI=1S/C18H34N2O3/c1-4-13-20(18(21)22)16-9-11-17(12-10-16)23-15-8-6-5-7-14-19(2)3/h4,16-17H,1,5-15H2,2-3H3,(H,21,22). The van der Waals surface area contributed by atoms with Gasteiger partial charge in [-0.05, 0) is 59.2 Å². The summed E-state index contributed by atoms with van der Waals surface area (Å²) in [6, 6.07) is 0.122. The molecule has 1 saturated carbocycles. The maximum absolute atomic E-state index is 11.3. The second-order valence-corrected chi connectivity index (χ2v) is 6.74. The van der Waals surface area contributed by atoms with Gasteiger partial charge in [0, 0.05) is 19.2 Å². The van der Waals surface area contributed by atoms with Crippen molar-refractivity contribution >= 4 is 6.09 Å². The Hall–Kier alpha value is -1.07. The summed E-state index contributed by atoms with van der Waals surface area (Å²) in [6.07, 6.45) is 9.74. The molecule has 0 radical (unpaired) electrons. The molecule has 23 heavy (non-hydrogen) atoms. The largest absolute Gasteiger partial charge is 0.465 e. The fraction of sp³-hybridized carbons (Fsp3) is 0.833. The molecular formula is C18H34N2O3. The summed E-state index contributed by atoms with van der Waals surface area (Å²) in [5.41, 5.74) is 0. The van der Waals surface area contributed by atoms with Gasteiger partial charge in [-0.25, -0.2) is 4.79 Å². The molecule has 1 amide bonds. The molecule has 0 aromatic carbocycles. The number of nitrogens with zero attached hydrogens (tertiary/aromatic N) is 2. The molecule has 5 heteroatoms. The quantitative estimate of drug-likeness (QED) is 0.465. The molecule has 0 aromatic heterocycles. The summed E-state index contributed by atoms with van der Waals surface area (Å²) in [6.45, 7) is 6.06. The molecule has 1 N–H and O–H groups in total. The van der Waals surface area contributed by atoms with E-state index in [2.05, 4.69) is 25.6 Å². The Morgan fingerprint density at radius 2 is 1.83 bits per heavy atom. The van der Waals surface area contributed by atoms with Gasteiger partial charge in [0.1, 0.15) is 0 Å². The van der Waals surface area contributed by atoms with Crippen LogP contribution >= 0.6 is 0 Å². The smallest absolute Gasteiger partial charge is 0.407 e. The second-order valence-electron chi connectivity index (χ2n) is 6.74. The summed E-state index contributed by atoms with van der Waals surface area (Å²) < 4.78 is 5.96. The molecule has 0 heterocycles. The first-order chi connectivity index (χ1) is 11.0. The molecule has 0 aromatic rings. The van der Waals surface area contributed by atoms with Gasteiger partial charge in [-0.3, -0.25) is 0 Å². The van der Waals surface area contributed by atoms with Crippen LogP contribution in [-0.2, 0) is 4.74 Å². The van der Waals surface area contributed by atoms with Crippen molar-refractivity contribution in [3.8, 4) is 0 Å². The average Bonchev–Trinajstić information content (AvgIpc) is 2.52. The molecular weight excluding hydrogens is 292 g/mol. The zero-order chi connectivity index (χ0) is 17.1. The molecule has 0 saturated heterocycles. The van der Waals surface area contributed by atoms with Gasteiger partial charge in [-0.1, -0.05) is 18.9 Å². The highest BCUT2D eigenvalue weighted by molar-refractivity contribution is 5.65. The Labute approximate surface area is 141 Å². The van der Waals surface area contributed by atoms with Gasteiger partial charge < -0.3 is 19.6 Å². The van der Waals surface area contributed by atoms with E-state index in [0.29, 0.717) is 12.6 Å². The van der Waals surface area contributed by atoms with Crippen molar-refractivity contribution in [2.45, 2.75) is 63.5 Å². The van der Waals surface area contributed by atoms with Gasteiger partial charge in [0.15, 0.2) is 0 Å². The number of hydrogen-bond donors (Lipinski definition) is 1. The highest BCUT2D eigenvalue weighted by Crippen LogP contribution is 2.25. The number of carboxylic acid groups (broad SMARTS) is 1. The van der Waals surface area contributed by atoms with E-state index in [4.69, 9.17) is 4.74 Å². The van der Waals surface area contributed by atoms with E-state index in [1.165, 1.54) is 24.2 Å². The van der Waals surface area contributed by atoms with Gasteiger partial charge in [0.25, 0.3) is 0 Å². The van der Waals surface area contributed by atoms with E-state index >= 15 is 0 Å². The lowest BCUT2D eigenvalue weighted by Gasteiger charge is -2.34. The van der Waals surface area contributed by atoms with Crippen molar-refractivity contribution in [3.63, 3.8) is 0 Å². The molecule has 1 rings (SSSR count). The number of rotatable bonds is 11. The van der Waals surface area contributed by atoms with Gasteiger partial charge in [-0.2, -0.15) is 0 Å². The predicted molar refractivity (Wildman–Crippen MR) is 93.9 cm³/mol. The maximum Gasteiger partial charge on any atom is 0.407 e. The van der Waals surface area contributed by atoms with Gasteiger partial charge >= 0.3 is 6.09 Å². The van der Waals surface area contributed by atoms with Crippen molar-refractivity contribution in [1.29, 1.82) is 0 Å². The van der Waals surface area contributed by atoms with Crippen LogP contribution in [0.1, 0.15) is 51.4 Å². The Kier molecular flexibility index (Phi) is 9.96. The monoisotopic (exact) mass is 326 g/mol.